The van der Waals surface area contributed by atoms with Gasteiger partial charge in [-0.25, -0.2) is 4.98 Å². The van der Waals surface area contributed by atoms with E-state index in [0.717, 1.165) is 38.7 Å². The van der Waals surface area contributed by atoms with E-state index in [1.165, 1.54) is 0 Å². The number of nitrogens with zero attached hydrogens (tertiary/aromatic N) is 1. The molecule has 0 bridgehead atoms. The number of hydrogen-bond acceptors (Lipinski definition) is 3. The predicted octanol–water partition coefficient (Wildman–Crippen LogP) is 5.33. The number of benzene rings is 3. The maximum atomic E-state index is 11.5. The van der Waals surface area contributed by atoms with Crippen molar-refractivity contribution in [1.82, 2.24) is 4.98 Å². The third kappa shape index (κ3) is 3.41. The molecule has 0 atom stereocenters. The Morgan fingerprint density at radius 3 is 2.46 bits per heavy atom. The Morgan fingerprint density at radius 1 is 0.929 bits per heavy atom. The topological polar surface area (TPSA) is 59.4 Å². The predicted molar refractivity (Wildman–Crippen MR) is 111 cm³/mol. The lowest BCUT2D eigenvalue weighted by Crippen LogP contribution is -2.28. The number of rotatable bonds is 5. The summed E-state index contributed by atoms with van der Waals surface area (Å²) in [7, 11) is 0. The van der Waals surface area contributed by atoms with Crippen molar-refractivity contribution in [1.29, 1.82) is 0 Å². The van der Waals surface area contributed by atoms with Gasteiger partial charge in [0.25, 0.3) is 0 Å². The van der Waals surface area contributed by atoms with E-state index < -0.39 is 11.4 Å². The van der Waals surface area contributed by atoms with Gasteiger partial charge in [0.1, 0.15) is 12.4 Å². The first-order chi connectivity index (χ1) is 13.4. The fraction of sp³-hybridized carbons (Fsp3) is 0.167. The van der Waals surface area contributed by atoms with Gasteiger partial charge >= 0.3 is 5.97 Å². The lowest BCUT2D eigenvalue weighted by molar-refractivity contribution is -0.142. The molecule has 0 aliphatic rings. The van der Waals surface area contributed by atoms with Crippen molar-refractivity contribution in [3.8, 4) is 5.75 Å². The van der Waals surface area contributed by atoms with E-state index >= 15 is 0 Å². The molecule has 0 amide bonds. The third-order valence-corrected chi connectivity index (χ3v) is 5.11. The Morgan fingerprint density at radius 2 is 1.64 bits per heavy atom. The summed E-state index contributed by atoms with van der Waals surface area (Å²) >= 11 is 0. The van der Waals surface area contributed by atoms with Crippen LogP contribution in [0.3, 0.4) is 0 Å². The summed E-state index contributed by atoms with van der Waals surface area (Å²) in [5, 5.41) is 12.5. The highest BCUT2D eigenvalue weighted by molar-refractivity contribution is 5.87. The molecule has 1 N–H and O–H groups in total. The number of carboxylic acid groups (broad SMARTS) is 1. The van der Waals surface area contributed by atoms with E-state index in [0.29, 0.717) is 6.61 Å². The molecule has 0 radical (unpaired) electrons. The van der Waals surface area contributed by atoms with Gasteiger partial charge in [0.15, 0.2) is 0 Å². The van der Waals surface area contributed by atoms with Crippen molar-refractivity contribution in [3.05, 3.63) is 84.1 Å². The average Bonchev–Trinajstić information content (AvgIpc) is 2.71. The van der Waals surface area contributed by atoms with Crippen LogP contribution in [-0.4, -0.2) is 16.1 Å². The van der Waals surface area contributed by atoms with Crippen molar-refractivity contribution in [2.45, 2.75) is 25.9 Å². The first kappa shape index (κ1) is 18.0. The van der Waals surface area contributed by atoms with E-state index in [4.69, 9.17) is 4.74 Å². The van der Waals surface area contributed by atoms with Crippen LogP contribution in [0.4, 0.5) is 0 Å². The summed E-state index contributed by atoms with van der Waals surface area (Å²) in [4.78, 5) is 16.1. The van der Waals surface area contributed by atoms with Crippen molar-refractivity contribution in [3.63, 3.8) is 0 Å². The van der Waals surface area contributed by atoms with Gasteiger partial charge < -0.3 is 9.84 Å². The van der Waals surface area contributed by atoms with Gasteiger partial charge in [-0.1, -0.05) is 48.5 Å². The second-order valence-corrected chi connectivity index (χ2v) is 7.44. The van der Waals surface area contributed by atoms with Gasteiger partial charge in [0.05, 0.1) is 16.6 Å². The molecule has 28 heavy (non-hydrogen) atoms. The van der Waals surface area contributed by atoms with Gasteiger partial charge in [-0.05, 0) is 54.4 Å². The molecule has 0 saturated heterocycles. The van der Waals surface area contributed by atoms with E-state index in [-0.39, 0.29) is 0 Å². The lowest BCUT2D eigenvalue weighted by Gasteiger charge is -2.20. The molecule has 4 aromatic rings. The highest BCUT2D eigenvalue weighted by Gasteiger charge is 2.29. The SMILES string of the molecule is CC(C)(C(=O)O)c1ccc2cc(OCc3ccc4ccccc4n3)ccc2c1. The fourth-order valence-corrected chi connectivity index (χ4v) is 3.17. The van der Waals surface area contributed by atoms with Crippen LogP contribution in [0.15, 0.2) is 72.8 Å². The molecule has 4 nitrogen and oxygen atoms in total. The number of fused-ring (bicyclic) bond motifs is 2. The van der Waals surface area contributed by atoms with Gasteiger partial charge in [0, 0.05) is 5.39 Å². The zero-order valence-electron chi connectivity index (χ0n) is 15.8. The highest BCUT2D eigenvalue weighted by atomic mass is 16.5. The first-order valence-electron chi connectivity index (χ1n) is 9.19. The highest BCUT2D eigenvalue weighted by Crippen LogP contribution is 2.29. The van der Waals surface area contributed by atoms with E-state index in [1.54, 1.807) is 13.8 Å². The van der Waals surface area contributed by atoms with Crippen LogP contribution in [0.25, 0.3) is 21.7 Å². The monoisotopic (exact) mass is 371 g/mol. The molecule has 1 aromatic heterocycles. The summed E-state index contributed by atoms with van der Waals surface area (Å²) < 4.78 is 5.93. The molecule has 3 aromatic carbocycles. The first-order valence-corrected chi connectivity index (χ1v) is 9.19. The van der Waals surface area contributed by atoms with Crippen LogP contribution >= 0.6 is 0 Å². The molecule has 0 aliphatic heterocycles. The number of pyridine rings is 1. The van der Waals surface area contributed by atoms with Gasteiger partial charge in [0.2, 0.25) is 0 Å². The number of para-hydroxylation sites is 1. The van der Waals surface area contributed by atoms with E-state index in [9.17, 15) is 9.90 Å². The molecule has 4 rings (SSSR count). The number of aliphatic carboxylic acids is 1. The summed E-state index contributed by atoms with van der Waals surface area (Å²) in [6.45, 7) is 3.82. The standard InChI is InChI=1S/C24H21NO3/c1-24(2,23(26)27)19-10-7-18-14-21(12-9-17(18)13-19)28-15-20-11-8-16-5-3-4-6-22(16)25-20/h3-14H,15H2,1-2H3,(H,26,27). The van der Waals surface area contributed by atoms with Crippen molar-refractivity contribution < 1.29 is 14.6 Å². The van der Waals surface area contributed by atoms with Crippen molar-refractivity contribution in [2.75, 3.05) is 0 Å². The fourth-order valence-electron chi connectivity index (χ4n) is 3.17. The maximum absolute atomic E-state index is 11.5. The van der Waals surface area contributed by atoms with Crippen LogP contribution in [0, 0.1) is 0 Å². The second kappa shape index (κ2) is 6.97. The number of hydrogen-bond donors (Lipinski definition) is 1. The molecule has 140 valence electrons. The summed E-state index contributed by atoms with van der Waals surface area (Å²) in [5.41, 5.74) is 1.68. The van der Waals surface area contributed by atoms with E-state index in [2.05, 4.69) is 4.98 Å². The number of ether oxygens (including phenoxy) is 1. The van der Waals surface area contributed by atoms with Gasteiger partial charge in [-0.2, -0.15) is 0 Å². The Labute approximate surface area is 163 Å². The van der Waals surface area contributed by atoms with Gasteiger partial charge in [-0.3, -0.25) is 4.79 Å². The van der Waals surface area contributed by atoms with Crippen LogP contribution in [0.2, 0.25) is 0 Å². The van der Waals surface area contributed by atoms with Crippen molar-refractivity contribution in [2.24, 2.45) is 0 Å². The minimum absolute atomic E-state index is 0.389. The van der Waals surface area contributed by atoms with Crippen molar-refractivity contribution >= 4 is 27.6 Å². The van der Waals surface area contributed by atoms with E-state index in [1.807, 2.05) is 72.8 Å². The molecule has 0 unspecified atom stereocenters. The Kier molecular flexibility index (Phi) is 4.47. The maximum Gasteiger partial charge on any atom is 0.313 e. The molecule has 0 aliphatic carbocycles. The number of carboxylic acids is 1. The van der Waals surface area contributed by atoms with Crippen LogP contribution in [-0.2, 0) is 16.8 Å². The zero-order chi connectivity index (χ0) is 19.7. The minimum Gasteiger partial charge on any atom is -0.487 e. The zero-order valence-corrected chi connectivity index (χ0v) is 15.8. The Balaban J connectivity index is 1.55. The Bertz CT molecular complexity index is 1180. The van der Waals surface area contributed by atoms with Crippen LogP contribution < -0.4 is 4.74 Å². The van der Waals surface area contributed by atoms with Crippen LogP contribution in [0.1, 0.15) is 25.1 Å². The number of aromatic nitrogens is 1. The molecular formula is C24H21NO3. The lowest BCUT2D eigenvalue weighted by atomic mass is 9.84. The van der Waals surface area contributed by atoms with Crippen LogP contribution in [0.5, 0.6) is 5.75 Å². The minimum atomic E-state index is -0.925. The summed E-state index contributed by atoms with van der Waals surface area (Å²) in [6, 6.07) is 23.6. The average molecular weight is 371 g/mol. The molecule has 0 saturated carbocycles. The quantitative estimate of drug-likeness (QED) is 0.515. The Hall–Kier alpha value is -3.40. The number of carbonyl (C=O) groups is 1. The molecular weight excluding hydrogens is 350 g/mol. The molecule has 0 fully saturated rings. The second-order valence-electron chi connectivity index (χ2n) is 7.44. The molecule has 4 heteroatoms. The smallest absolute Gasteiger partial charge is 0.313 e. The molecule has 1 heterocycles. The normalized spacial score (nSPS) is 11.6. The largest absolute Gasteiger partial charge is 0.487 e. The summed E-state index contributed by atoms with van der Waals surface area (Å²) in [5.74, 6) is -0.0811. The summed E-state index contributed by atoms with van der Waals surface area (Å²) in [6.07, 6.45) is 0. The third-order valence-electron chi connectivity index (χ3n) is 5.11. The van der Waals surface area contributed by atoms with Gasteiger partial charge in [-0.15, -0.1) is 0 Å². The molecule has 0 spiro atoms.